The number of rotatable bonds is 9. The van der Waals surface area contributed by atoms with Gasteiger partial charge in [0, 0.05) is 25.6 Å². The summed E-state index contributed by atoms with van der Waals surface area (Å²) in [6.45, 7) is 9.10. The van der Waals surface area contributed by atoms with Crippen molar-refractivity contribution in [3.05, 3.63) is 0 Å². The second-order valence-electron chi connectivity index (χ2n) is 3.09. The van der Waals surface area contributed by atoms with E-state index < -0.39 is 0 Å². The van der Waals surface area contributed by atoms with Gasteiger partial charge in [-0.25, -0.2) is 0 Å². The van der Waals surface area contributed by atoms with Crippen molar-refractivity contribution in [2.45, 2.75) is 26.7 Å². The van der Waals surface area contributed by atoms with E-state index in [1.807, 2.05) is 0 Å². The molecule has 0 unspecified atom stereocenters. The van der Waals surface area contributed by atoms with Crippen LogP contribution in [0.15, 0.2) is 0 Å². The maximum Gasteiger partial charge on any atom is 0.0593 e. The molecular weight excluding hydrogens is 186 g/mol. The van der Waals surface area contributed by atoms with Crippen LogP contribution >= 0.6 is 11.6 Å². The van der Waals surface area contributed by atoms with E-state index in [2.05, 4.69) is 18.7 Å². The summed E-state index contributed by atoms with van der Waals surface area (Å²) in [7, 11) is 0. The Morgan fingerprint density at radius 1 is 1.15 bits per heavy atom. The molecule has 0 heterocycles. The van der Waals surface area contributed by atoms with Crippen molar-refractivity contribution >= 4 is 11.6 Å². The van der Waals surface area contributed by atoms with E-state index in [9.17, 15) is 0 Å². The lowest BCUT2D eigenvalue weighted by Crippen LogP contribution is -2.29. The number of likely N-dealkylation sites (N-methyl/N-ethyl adjacent to an activating group) is 1. The Bertz CT molecular complexity index is 101. The smallest absolute Gasteiger partial charge is 0.0593 e. The molecule has 0 aliphatic heterocycles. The van der Waals surface area contributed by atoms with Gasteiger partial charge >= 0.3 is 0 Å². The number of unbranched alkanes of at least 4 members (excludes halogenated alkanes) is 1. The quantitative estimate of drug-likeness (QED) is 0.425. The number of hydrogen-bond donors (Lipinski definition) is 0. The molecule has 0 bridgehead atoms. The summed E-state index contributed by atoms with van der Waals surface area (Å²) in [6, 6.07) is 0. The molecule has 13 heavy (non-hydrogen) atoms. The Balaban J connectivity index is 3.17. The van der Waals surface area contributed by atoms with Crippen molar-refractivity contribution < 1.29 is 4.74 Å². The van der Waals surface area contributed by atoms with Crippen molar-refractivity contribution in [2.75, 3.05) is 38.7 Å². The molecule has 80 valence electrons. The minimum Gasteiger partial charge on any atom is -0.380 e. The molecule has 0 aliphatic carbocycles. The van der Waals surface area contributed by atoms with Gasteiger partial charge in [0.05, 0.1) is 6.61 Å². The molecule has 0 radical (unpaired) electrons. The summed E-state index contributed by atoms with van der Waals surface area (Å²) >= 11 is 5.66. The van der Waals surface area contributed by atoms with E-state index >= 15 is 0 Å². The van der Waals surface area contributed by atoms with Crippen molar-refractivity contribution in [2.24, 2.45) is 0 Å². The molecule has 0 saturated carbocycles. The highest BCUT2D eigenvalue weighted by Crippen LogP contribution is 1.92. The molecule has 0 rings (SSSR count). The maximum atomic E-state index is 5.66. The molecule has 0 aromatic carbocycles. The van der Waals surface area contributed by atoms with Crippen LogP contribution in [0.25, 0.3) is 0 Å². The Kier molecular flexibility index (Phi) is 10.5. The minimum atomic E-state index is 0.711. The molecule has 0 fully saturated rings. The topological polar surface area (TPSA) is 12.5 Å². The van der Waals surface area contributed by atoms with Crippen LogP contribution in [0, 0.1) is 0 Å². The van der Waals surface area contributed by atoms with Crippen LogP contribution in [-0.4, -0.2) is 43.6 Å². The largest absolute Gasteiger partial charge is 0.380 e. The first-order valence-corrected chi connectivity index (χ1v) is 5.74. The van der Waals surface area contributed by atoms with Gasteiger partial charge in [-0.3, -0.25) is 0 Å². The average Bonchev–Trinajstić information content (AvgIpc) is 2.16. The highest BCUT2D eigenvalue weighted by atomic mass is 35.5. The third-order valence-corrected chi connectivity index (χ3v) is 2.21. The third-order valence-electron chi connectivity index (χ3n) is 2.04. The van der Waals surface area contributed by atoms with E-state index in [0.717, 1.165) is 32.8 Å². The van der Waals surface area contributed by atoms with Crippen LogP contribution in [0.5, 0.6) is 0 Å². The lowest BCUT2D eigenvalue weighted by atomic mass is 10.4. The van der Waals surface area contributed by atoms with Crippen LogP contribution in [0.1, 0.15) is 26.7 Å². The zero-order valence-corrected chi connectivity index (χ0v) is 9.65. The average molecular weight is 208 g/mol. The maximum absolute atomic E-state index is 5.66. The Morgan fingerprint density at radius 2 is 1.92 bits per heavy atom. The van der Waals surface area contributed by atoms with Crippen molar-refractivity contribution in [3.8, 4) is 0 Å². The lowest BCUT2D eigenvalue weighted by Gasteiger charge is -2.18. The lowest BCUT2D eigenvalue weighted by molar-refractivity contribution is 0.105. The molecule has 2 nitrogen and oxygen atoms in total. The summed E-state index contributed by atoms with van der Waals surface area (Å²) in [6.07, 6.45) is 2.38. The van der Waals surface area contributed by atoms with E-state index in [1.165, 1.54) is 12.8 Å². The molecule has 0 saturated heterocycles. The fourth-order valence-electron chi connectivity index (χ4n) is 1.09. The van der Waals surface area contributed by atoms with Crippen LogP contribution in [0.2, 0.25) is 0 Å². The Labute approximate surface area is 87.2 Å². The number of nitrogens with zero attached hydrogens (tertiary/aromatic N) is 1. The molecule has 0 aromatic rings. The summed E-state index contributed by atoms with van der Waals surface area (Å²) in [4.78, 5) is 2.30. The second-order valence-corrected chi connectivity index (χ2v) is 3.47. The summed E-state index contributed by atoms with van der Waals surface area (Å²) in [5, 5.41) is 0. The van der Waals surface area contributed by atoms with Crippen molar-refractivity contribution in [3.63, 3.8) is 0 Å². The highest BCUT2D eigenvalue weighted by Gasteiger charge is 1.99. The zero-order chi connectivity index (χ0) is 9.94. The normalized spacial score (nSPS) is 11.1. The minimum absolute atomic E-state index is 0.711. The van der Waals surface area contributed by atoms with Gasteiger partial charge in [0.1, 0.15) is 0 Å². The van der Waals surface area contributed by atoms with E-state index in [0.29, 0.717) is 5.88 Å². The molecule has 0 N–H and O–H groups in total. The van der Waals surface area contributed by atoms with Crippen molar-refractivity contribution in [1.29, 1.82) is 0 Å². The number of alkyl halides is 1. The predicted molar refractivity (Wildman–Crippen MR) is 58.6 cm³/mol. The monoisotopic (exact) mass is 207 g/mol. The molecule has 0 aliphatic rings. The first kappa shape index (κ1) is 13.2. The summed E-state index contributed by atoms with van der Waals surface area (Å²) < 4.78 is 5.47. The highest BCUT2D eigenvalue weighted by molar-refractivity contribution is 6.18. The molecule has 0 atom stereocenters. The van der Waals surface area contributed by atoms with Gasteiger partial charge < -0.3 is 9.64 Å². The Hall–Kier alpha value is 0.210. The summed E-state index contributed by atoms with van der Waals surface area (Å²) in [5.41, 5.74) is 0. The fourth-order valence-corrected chi connectivity index (χ4v) is 1.33. The first-order chi connectivity index (χ1) is 6.35. The SMILES string of the molecule is CCCCOCCN(CC)CCCl. The molecule has 3 heteroatoms. The van der Waals surface area contributed by atoms with E-state index in [-0.39, 0.29) is 0 Å². The fraction of sp³-hybridized carbons (Fsp3) is 1.00. The van der Waals surface area contributed by atoms with E-state index in [4.69, 9.17) is 16.3 Å². The van der Waals surface area contributed by atoms with Gasteiger partial charge in [0.15, 0.2) is 0 Å². The van der Waals surface area contributed by atoms with Crippen LogP contribution in [0.3, 0.4) is 0 Å². The molecule has 0 amide bonds. The van der Waals surface area contributed by atoms with Crippen molar-refractivity contribution in [1.82, 2.24) is 4.90 Å². The van der Waals surface area contributed by atoms with Gasteiger partial charge in [-0.2, -0.15) is 0 Å². The number of hydrogen-bond acceptors (Lipinski definition) is 2. The third kappa shape index (κ3) is 8.54. The van der Waals surface area contributed by atoms with E-state index in [1.54, 1.807) is 0 Å². The molecule has 0 aromatic heterocycles. The first-order valence-electron chi connectivity index (χ1n) is 5.21. The second kappa shape index (κ2) is 10.3. The van der Waals surface area contributed by atoms with Crippen LogP contribution in [0.4, 0.5) is 0 Å². The van der Waals surface area contributed by atoms with Gasteiger partial charge in [-0.1, -0.05) is 20.3 Å². The molecular formula is C10H22ClNO. The van der Waals surface area contributed by atoms with Gasteiger partial charge in [0.25, 0.3) is 0 Å². The van der Waals surface area contributed by atoms with Gasteiger partial charge in [-0.05, 0) is 13.0 Å². The number of halogens is 1. The standard InChI is InChI=1S/C10H22ClNO/c1-3-5-9-13-10-8-12(4-2)7-6-11/h3-10H2,1-2H3. The molecule has 0 spiro atoms. The zero-order valence-electron chi connectivity index (χ0n) is 8.89. The van der Waals surface area contributed by atoms with Crippen LogP contribution in [-0.2, 0) is 4.74 Å². The number of ether oxygens (including phenoxy) is 1. The Morgan fingerprint density at radius 3 is 2.46 bits per heavy atom. The van der Waals surface area contributed by atoms with Gasteiger partial charge in [0.2, 0.25) is 0 Å². The summed E-state index contributed by atoms with van der Waals surface area (Å²) in [5.74, 6) is 0.711. The predicted octanol–water partition coefficient (Wildman–Crippen LogP) is 2.36. The van der Waals surface area contributed by atoms with Crippen LogP contribution < -0.4 is 0 Å². The van der Waals surface area contributed by atoms with Gasteiger partial charge in [-0.15, -0.1) is 11.6 Å².